The topological polar surface area (TPSA) is 69.6 Å². The molecule has 5 nitrogen and oxygen atoms in total. The molecule has 0 amide bonds. The second-order valence-corrected chi connectivity index (χ2v) is 5.48. The lowest BCUT2D eigenvalue weighted by atomic mass is 10.3. The minimum Gasteiger partial charge on any atom is -0.326 e. The average molecular weight is 297 g/mol. The number of aryl methyl sites for hydroxylation is 1. The molecule has 0 atom stereocenters. The Morgan fingerprint density at radius 3 is 2.67 bits per heavy atom. The fourth-order valence-electron chi connectivity index (χ4n) is 2.06. The highest BCUT2D eigenvalue weighted by atomic mass is 32.2. The maximum atomic E-state index is 5.89. The molecule has 0 radical (unpaired) electrons. The molecule has 0 spiro atoms. The predicted octanol–water partition coefficient (Wildman–Crippen LogP) is 2.58. The van der Waals surface area contributed by atoms with Crippen LogP contribution in [0.3, 0.4) is 0 Å². The Hall–Kier alpha value is -2.18. The first kappa shape index (κ1) is 13.8. The molecule has 106 valence electrons. The van der Waals surface area contributed by atoms with Gasteiger partial charge in [-0.05, 0) is 30.8 Å². The molecule has 2 N–H and O–H groups in total. The number of nitrogens with zero attached hydrogens (tertiary/aromatic N) is 4. The van der Waals surface area contributed by atoms with Crippen molar-refractivity contribution in [2.45, 2.75) is 23.5 Å². The smallest absolute Gasteiger partial charge is 0.121 e. The van der Waals surface area contributed by atoms with Gasteiger partial charge in [0.1, 0.15) is 10.1 Å². The molecule has 3 aromatic rings. The van der Waals surface area contributed by atoms with Crippen molar-refractivity contribution in [3.8, 4) is 5.69 Å². The minimum absolute atomic E-state index is 0.446. The van der Waals surface area contributed by atoms with Crippen molar-refractivity contribution in [2.24, 2.45) is 5.73 Å². The third kappa shape index (κ3) is 2.81. The number of nitrogens with two attached hydrogens (primary N) is 1. The van der Waals surface area contributed by atoms with Crippen LogP contribution in [0.5, 0.6) is 0 Å². The van der Waals surface area contributed by atoms with Gasteiger partial charge < -0.3 is 5.73 Å². The van der Waals surface area contributed by atoms with Crippen LogP contribution >= 0.6 is 11.8 Å². The summed E-state index contributed by atoms with van der Waals surface area (Å²) < 4.78 is 1.91. The van der Waals surface area contributed by atoms with E-state index in [2.05, 4.69) is 15.1 Å². The number of aromatic nitrogens is 4. The van der Waals surface area contributed by atoms with Gasteiger partial charge in [-0.1, -0.05) is 18.2 Å². The summed E-state index contributed by atoms with van der Waals surface area (Å²) in [6.45, 7) is 2.42. The van der Waals surface area contributed by atoms with Crippen LogP contribution in [0, 0.1) is 6.92 Å². The summed E-state index contributed by atoms with van der Waals surface area (Å²) in [5.41, 5.74) is 8.87. The average Bonchev–Trinajstić information content (AvgIpc) is 2.85. The van der Waals surface area contributed by atoms with E-state index in [-0.39, 0.29) is 0 Å². The predicted molar refractivity (Wildman–Crippen MR) is 82.3 cm³/mol. The first-order valence-electron chi connectivity index (χ1n) is 6.57. The molecule has 0 saturated carbocycles. The molecule has 0 fully saturated rings. The zero-order valence-electron chi connectivity index (χ0n) is 11.6. The third-order valence-corrected chi connectivity index (χ3v) is 4.12. The van der Waals surface area contributed by atoms with E-state index in [1.165, 1.54) is 11.8 Å². The SMILES string of the molecule is Cc1nn(-c2ccccc2)c(Sc2cnccn2)c1CN. The molecule has 0 unspecified atom stereocenters. The summed E-state index contributed by atoms with van der Waals surface area (Å²) in [6.07, 6.45) is 5.08. The van der Waals surface area contributed by atoms with Gasteiger partial charge in [0.2, 0.25) is 0 Å². The Morgan fingerprint density at radius 2 is 2.00 bits per heavy atom. The highest BCUT2D eigenvalue weighted by molar-refractivity contribution is 7.99. The van der Waals surface area contributed by atoms with Crippen molar-refractivity contribution in [3.05, 3.63) is 60.2 Å². The first-order chi connectivity index (χ1) is 10.3. The summed E-state index contributed by atoms with van der Waals surface area (Å²) in [4.78, 5) is 8.41. The second kappa shape index (κ2) is 6.07. The quantitative estimate of drug-likeness (QED) is 0.801. The van der Waals surface area contributed by atoms with Crippen molar-refractivity contribution < 1.29 is 0 Å². The molecule has 0 aliphatic carbocycles. The molecule has 1 aromatic carbocycles. The Balaban J connectivity index is 2.09. The molecular formula is C15H15N5S. The molecule has 21 heavy (non-hydrogen) atoms. The van der Waals surface area contributed by atoms with Crippen LogP contribution in [-0.2, 0) is 6.54 Å². The maximum absolute atomic E-state index is 5.89. The zero-order chi connectivity index (χ0) is 14.7. The van der Waals surface area contributed by atoms with E-state index in [1.54, 1.807) is 18.6 Å². The monoisotopic (exact) mass is 297 g/mol. The molecule has 2 heterocycles. The minimum atomic E-state index is 0.446. The highest BCUT2D eigenvalue weighted by Crippen LogP contribution is 2.32. The molecule has 6 heteroatoms. The summed E-state index contributed by atoms with van der Waals surface area (Å²) in [7, 11) is 0. The molecule has 0 aliphatic rings. The lowest BCUT2D eigenvalue weighted by Crippen LogP contribution is -2.01. The summed E-state index contributed by atoms with van der Waals surface area (Å²) in [5, 5.41) is 6.43. The van der Waals surface area contributed by atoms with E-state index >= 15 is 0 Å². The van der Waals surface area contributed by atoms with Crippen LogP contribution in [-0.4, -0.2) is 19.7 Å². The van der Waals surface area contributed by atoms with Gasteiger partial charge in [-0.3, -0.25) is 4.98 Å². The van der Waals surface area contributed by atoms with Gasteiger partial charge >= 0.3 is 0 Å². The van der Waals surface area contributed by atoms with Crippen molar-refractivity contribution in [3.63, 3.8) is 0 Å². The van der Waals surface area contributed by atoms with E-state index in [4.69, 9.17) is 5.73 Å². The number of benzene rings is 1. The summed E-state index contributed by atoms with van der Waals surface area (Å²) >= 11 is 1.53. The van der Waals surface area contributed by atoms with Crippen LogP contribution in [0.4, 0.5) is 0 Å². The van der Waals surface area contributed by atoms with Gasteiger partial charge in [0.15, 0.2) is 0 Å². The summed E-state index contributed by atoms with van der Waals surface area (Å²) in [6, 6.07) is 10.0. The van der Waals surface area contributed by atoms with Crippen LogP contribution in [0.2, 0.25) is 0 Å². The van der Waals surface area contributed by atoms with Crippen LogP contribution < -0.4 is 5.73 Å². The molecule has 0 bridgehead atoms. The number of rotatable bonds is 4. The summed E-state index contributed by atoms with van der Waals surface area (Å²) in [5.74, 6) is 0. The Morgan fingerprint density at radius 1 is 1.19 bits per heavy atom. The lowest BCUT2D eigenvalue weighted by molar-refractivity contribution is 0.787. The van der Waals surface area contributed by atoms with Crippen molar-refractivity contribution in [1.82, 2.24) is 19.7 Å². The fraction of sp³-hybridized carbons (Fsp3) is 0.133. The molecule has 2 aromatic heterocycles. The standard InChI is InChI=1S/C15H15N5S/c1-11-13(9-16)15(21-14-10-17-7-8-18-14)20(19-11)12-5-3-2-4-6-12/h2-8,10H,9,16H2,1H3. The van der Waals surface area contributed by atoms with Crippen molar-refractivity contribution in [1.29, 1.82) is 0 Å². The van der Waals surface area contributed by atoms with E-state index in [0.717, 1.165) is 27.0 Å². The number of para-hydroxylation sites is 1. The van der Waals surface area contributed by atoms with Crippen molar-refractivity contribution >= 4 is 11.8 Å². The van der Waals surface area contributed by atoms with Gasteiger partial charge in [0, 0.05) is 24.5 Å². The molecular weight excluding hydrogens is 282 g/mol. The Labute approximate surface area is 127 Å². The van der Waals surface area contributed by atoms with Gasteiger partial charge in [-0.2, -0.15) is 5.10 Å². The zero-order valence-corrected chi connectivity index (χ0v) is 12.4. The van der Waals surface area contributed by atoms with Crippen LogP contribution in [0.1, 0.15) is 11.3 Å². The van der Waals surface area contributed by atoms with E-state index in [0.29, 0.717) is 6.54 Å². The fourth-order valence-corrected chi connectivity index (χ4v) is 3.07. The highest BCUT2D eigenvalue weighted by Gasteiger charge is 2.17. The normalized spacial score (nSPS) is 10.8. The molecule has 0 saturated heterocycles. The Kier molecular flexibility index (Phi) is 3.98. The van der Waals surface area contributed by atoms with Gasteiger partial charge in [-0.15, -0.1) is 0 Å². The van der Waals surface area contributed by atoms with Crippen LogP contribution in [0.15, 0.2) is 59.0 Å². The van der Waals surface area contributed by atoms with Gasteiger partial charge in [0.25, 0.3) is 0 Å². The van der Waals surface area contributed by atoms with E-state index in [1.807, 2.05) is 41.9 Å². The largest absolute Gasteiger partial charge is 0.326 e. The van der Waals surface area contributed by atoms with Crippen LogP contribution in [0.25, 0.3) is 5.69 Å². The van der Waals surface area contributed by atoms with Gasteiger partial charge in [0.05, 0.1) is 17.6 Å². The molecule has 0 aliphatic heterocycles. The molecule has 3 rings (SSSR count). The second-order valence-electron chi connectivity index (χ2n) is 4.47. The number of hydrogen-bond donors (Lipinski definition) is 1. The van der Waals surface area contributed by atoms with Crippen molar-refractivity contribution in [2.75, 3.05) is 0 Å². The third-order valence-electron chi connectivity index (χ3n) is 3.08. The van der Waals surface area contributed by atoms with E-state index in [9.17, 15) is 0 Å². The Bertz CT molecular complexity index is 725. The van der Waals surface area contributed by atoms with E-state index < -0.39 is 0 Å². The maximum Gasteiger partial charge on any atom is 0.121 e. The first-order valence-corrected chi connectivity index (χ1v) is 7.39. The number of hydrogen-bond acceptors (Lipinski definition) is 5. The van der Waals surface area contributed by atoms with Gasteiger partial charge in [-0.25, -0.2) is 9.67 Å². The lowest BCUT2D eigenvalue weighted by Gasteiger charge is -2.08.